The Morgan fingerprint density at radius 1 is 1.50 bits per heavy atom. The highest BCUT2D eigenvalue weighted by Gasteiger charge is 2.31. The average Bonchev–Trinajstić information content (AvgIpc) is 2.69. The summed E-state index contributed by atoms with van der Waals surface area (Å²) in [6.07, 6.45) is 0.00576. The first-order valence-electron chi connectivity index (χ1n) is 5.64. The standard InChI is InChI=1S/C13H15ClO4/c1-7-11(14)8(13(2,3)5-10(15)16)4-9-12(7)18-6-17-9/h4H,5-6H2,1-3H3,(H,15,16). The van der Waals surface area contributed by atoms with Crippen LogP contribution in [0.1, 0.15) is 31.4 Å². The van der Waals surface area contributed by atoms with Gasteiger partial charge in [0.2, 0.25) is 6.79 Å². The summed E-state index contributed by atoms with van der Waals surface area (Å²) >= 11 is 6.32. The second-order valence-corrected chi connectivity index (χ2v) is 5.43. The van der Waals surface area contributed by atoms with Crippen molar-refractivity contribution in [3.8, 4) is 11.5 Å². The number of hydrogen-bond acceptors (Lipinski definition) is 3. The third kappa shape index (κ3) is 2.12. The quantitative estimate of drug-likeness (QED) is 0.917. The number of fused-ring (bicyclic) bond motifs is 1. The molecule has 0 saturated carbocycles. The molecule has 0 amide bonds. The SMILES string of the molecule is Cc1c(Cl)c(C(C)(C)CC(=O)O)cc2c1OCO2. The summed E-state index contributed by atoms with van der Waals surface area (Å²) in [7, 11) is 0. The highest BCUT2D eigenvalue weighted by molar-refractivity contribution is 6.32. The van der Waals surface area contributed by atoms with E-state index in [0.717, 1.165) is 11.1 Å². The van der Waals surface area contributed by atoms with Gasteiger partial charge in [-0.3, -0.25) is 4.79 Å². The molecule has 0 atom stereocenters. The first-order valence-corrected chi connectivity index (χ1v) is 6.01. The molecule has 1 heterocycles. The summed E-state index contributed by atoms with van der Waals surface area (Å²) in [6.45, 7) is 5.72. The third-order valence-electron chi connectivity index (χ3n) is 3.15. The molecule has 2 rings (SSSR count). The van der Waals surface area contributed by atoms with Crippen LogP contribution >= 0.6 is 11.6 Å². The van der Waals surface area contributed by atoms with Gasteiger partial charge in [-0.1, -0.05) is 25.4 Å². The first-order chi connectivity index (χ1) is 8.33. The zero-order valence-corrected chi connectivity index (χ0v) is 11.3. The average molecular weight is 271 g/mol. The number of carboxylic acids is 1. The van der Waals surface area contributed by atoms with E-state index in [1.165, 1.54) is 0 Å². The van der Waals surface area contributed by atoms with Gasteiger partial charge in [0.05, 0.1) is 11.4 Å². The van der Waals surface area contributed by atoms with Crippen LogP contribution < -0.4 is 9.47 Å². The zero-order valence-electron chi connectivity index (χ0n) is 10.5. The number of aliphatic carboxylic acids is 1. The van der Waals surface area contributed by atoms with Crippen molar-refractivity contribution in [2.45, 2.75) is 32.6 Å². The molecule has 0 aromatic heterocycles. The van der Waals surface area contributed by atoms with Gasteiger partial charge in [0.25, 0.3) is 0 Å². The van der Waals surface area contributed by atoms with Crippen molar-refractivity contribution in [3.05, 3.63) is 22.2 Å². The number of hydrogen-bond donors (Lipinski definition) is 1. The zero-order chi connectivity index (χ0) is 13.5. The van der Waals surface area contributed by atoms with Gasteiger partial charge in [-0.25, -0.2) is 0 Å². The highest BCUT2D eigenvalue weighted by atomic mass is 35.5. The molecule has 0 bridgehead atoms. The first kappa shape index (κ1) is 13.0. The number of benzene rings is 1. The van der Waals surface area contributed by atoms with Gasteiger partial charge in [0, 0.05) is 11.0 Å². The Balaban J connectivity index is 2.52. The maximum atomic E-state index is 10.9. The monoisotopic (exact) mass is 270 g/mol. The van der Waals surface area contributed by atoms with E-state index in [9.17, 15) is 4.79 Å². The van der Waals surface area contributed by atoms with Crippen molar-refractivity contribution in [2.75, 3.05) is 6.79 Å². The van der Waals surface area contributed by atoms with Crippen LogP contribution in [-0.4, -0.2) is 17.9 Å². The molecule has 5 heteroatoms. The minimum Gasteiger partial charge on any atom is -0.481 e. The van der Waals surface area contributed by atoms with Crippen LogP contribution in [0.15, 0.2) is 6.07 Å². The number of ether oxygens (including phenoxy) is 2. The number of carbonyl (C=O) groups is 1. The number of halogens is 1. The molecule has 0 fully saturated rings. The summed E-state index contributed by atoms with van der Waals surface area (Å²) in [6, 6.07) is 1.78. The van der Waals surface area contributed by atoms with Crippen LogP contribution in [0.25, 0.3) is 0 Å². The Bertz CT molecular complexity index is 508. The third-order valence-corrected chi connectivity index (χ3v) is 3.63. The fraction of sp³-hybridized carbons (Fsp3) is 0.462. The van der Waals surface area contributed by atoms with Crippen molar-refractivity contribution >= 4 is 17.6 Å². The van der Waals surface area contributed by atoms with Gasteiger partial charge < -0.3 is 14.6 Å². The molecule has 4 nitrogen and oxygen atoms in total. The summed E-state index contributed by atoms with van der Waals surface area (Å²) in [5, 5.41) is 9.51. The lowest BCUT2D eigenvalue weighted by atomic mass is 9.80. The van der Waals surface area contributed by atoms with E-state index in [1.807, 2.05) is 20.8 Å². The summed E-state index contributed by atoms with van der Waals surface area (Å²) in [5.74, 6) is 0.423. The van der Waals surface area contributed by atoms with Crippen molar-refractivity contribution < 1.29 is 19.4 Å². The van der Waals surface area contributed by atoms with Gasteiger partial charge >= 0.3 is 5.97 Å². The van der Waals surface area contributed by atoms with Gasteiger partial charge in [0.15, 0.2) is 11.5 Å². The molecular formula is C13H15ClO4. The molecule has 1 aliphatic rings. The normalized spacial score (nSPS) is 13.8. The maximum absolute atomic E-state index is 10.9. The molecule has 0 spiro atoms. The molecule has 1 aromatic rings. The minimum atomic E-state index is -0.855. The molecule has 0 unspecified atom stereocenters. The van der Waals surface area contributed by atoms with E-state index in [-0.39, 0.29) is 13.2 Å². The lowest BCUT2D eigenvalue weighted by molar-refractivity contribution is -0.138. The predicted octanol–water partition coefficient (Wildman–Crippen LogP) is 3.13. The van der Waals surface area contributed by atoms with E-state index < -0.39 is 11.4 Å². The Hall–Kier alpha value is -1.42. The predicted molar refractivity (Wildman–Crippen MR) is 67.6 cm³/mol. The molecule has 18 heavy (non-hydrogen) atoms. The lowest BCUT2D eigenvalue weighted by Gasteiger charge is -2.25. The molecule has 98 valence electrons. The van der Waals surface area contributed by atoms with Crippen molar-refractivity contribution in [1.82, 2.24) is 0 Å². The molecule has 1 aromatic carbocycles. The van der Waals surface area contributed by atoms with E-state index in [0.29, 0.717) is 16.5 Å². The molecule has 1 N–H and O–H groups in total. The van der Waals surface area contributed by atoms with Crippen LogP contribution in [0, 0.1) is 6.92 Å². The minimum absolute atomic E-state index is 0.00576. The fourth-order valence-electron chi connectivity index (χ4n) is 2.15. The largest absolute Gasteiger partial charge is 0.481 e. The van der Waals surface area contributed by atoms with Gasteiger partial charge in [-0.05, 0) is 18.6 Å². The van der Waals surface area contributed by atoms with Gasteiger partial charge in [-0.15, -0.1) is 0 Å². The van der Waals surface area contributed by atoms with Crippen molar-refractivity contribution in [2.24, 2.45) is 0 Å². The van der Waals surface area contributed by atoms with Crippen LogP contribution in [0.5, 0.6) is 11.5 Å². The maximum Gasteiger partial charge on any atom is 0.304 e. The van der Waals surface area contributed by atoms with Crippen LogP contribution in [-0.2, 0) is 10.2 Å². The van der Waals surface area contributed by atoms with Crippen LogP contribution in [0.4, 0.5) is 0 Å². The lowest BCUT2D eigenvalue weighted by Crippen LogP contribution is -2.22. The summed E-state index contributed by atoms with van der Waals surface area (Å²) in [4.78, 5) is 10.9. The van der Waals surface area contributed by atoms with E-state index in [1.54, 1.807) is 6.07 Å². The van der Waals surface area contributed by atoms with Gasteiger partial charge in [-0.2, -0.15) is 0 Å². The second-order valence-electron chi connectivity index (χ2n) is 5.05. The number of rotatable bonds is 3. The summed E-state index contributed by atoms with van der Waals surface area (Å²) < 4.78 is 10.7. The van der Waals surface area contributed by atoms with E-state index in [4.69, 9.17) is 26.2 Å². The fourth-order valence-corrected chi connectivity index (χ4v) is 2.55. The van der Waals surface area contributed by atoms with E-state index >= 15 is 0 Å². The smallest absolute Gasteiger partial charge is 0.304 e. The topological polar surface area (TPSA) is 55.8 Å². The van der Waals surface area contributed by atoms with E-state index in [2.05, 4.69) is 0 Å². The summed E-state index contributed by atoms with van der Waals surface area (Å²) in [5.41, 5.74) is 1.00. The Morgan fingerprint density at radius 2 is 2.17 bits per heavy atom. The Morgan fingerprint density at radius 3 is 2.78 bits per heavy atom. The van der Waals surface area contributed by atoms with Crippen LogP contribution in [0.3, 0.4) is 0 Å². The Labute approximate surface area is 110 Å². The van der Waals surface area contributed by atoms with Crippen molar-refractivity contribution in [3.63, 3.8) is 0 Å². The molecule has 0 aliphatic carbocycles. The molecule has 1 aliphatic heterocycles. The second kappa shape index (κ2) is 4.35. The Kier molecular flexibility index (Phi) is 3.15. The van der Waals surface area contributed by atoms with Crippen molar-refractivity contribution in [1.29, 1.82) is 0 Å². The van der Waals surface area contributed by atoms with Crippen LogP contribution in [0.2, 0.25) is 5.02 Å². The molecule has 0 saturated heterocycles. The molecule has 0 radical (unpaired) electrons. The molecular weight excluding hydrogens is 256 g/mol. The number of carboxylic acid groups (broad SMARTS) is 1. The highest BCUT2D eigenvalue weighted by Crippen LogP contribution is 2.45. The van der Waals surface area contributed by atoms with Gasteiger partial charge in [0.1, 0.15) is 0 Å².